The Morgan fingerprint density at radius 3 is 2.42 bits per heavy atom. The fourth-order valence-electron chi connectivity index (χ4n) is 3.58. The van der Waals surface area contributed by atoms with Crippen LogP contribution in [-0.2, 0) is 11.3 Å². The largest absolute Gasteiger partial charge is 0.493 e. The molecule has 0 amide bonds. The molecule has 5 nitrogen and oxygen atoms in total. The van der Waals surface area contributed by atoms with Gasteiger partial charge in [-0.25, -0.2) is 0 Å². The maximum absolute atomic E-state index is 10.2. The molecule has 0 radical (unpaired) electrons. The van der Waals surface area contributed by atoms with E-state index in [1.165, 1.54) is 6.42 Å². The summed E-state index contributed by atoms with van der Waals surface area (Å²) in [5.41, 5.74) is 1.00. The van der Waals surface area contributed by atoms with Crippen molar-refractivity contribution in [1.82, 2.24) is 4.90 Å². The third-order valence-corrected chi connectivity index (χ3v) is 4.44. The number of aliphatic hydroxyl groups excluding tert-OH is 1. The molecule has 1 N–H and O–H groups in total. The summed E-state index contributed by atoms with van der Waals surface area (Å²) in [6, 6.07) is 5.71. The van der Waals surface area contributed by atoms with E-state index in [0.717, 1.165) is 18.7 Å². The third kappa shape index (κ3) is 5.65. The molecule has 0 saturated carbocycles. The summed E-state index contributed by atoms with van der Waals surface area (Å²) in [5.74, 6) is 2.80. The second kappa shape index (κ2) is 9.25. The van der Waals surface area contributed by atoms with Crippen LogP contribution in [0.1, 0.15) is 25.8 Å². The molecule has 0 aromatic heterocycles. The number of piperidine rings is 1. The maximum Gasteiger partial charge on any atom is 0.161 e. The lowest BCUT2D eigenvalue weighted by Crippen LogP contribution is -2.43. The molecule has 136 valence electrons. The molecule has 1 heterocycles. The van der Waals surface area contributed by atoms with Gasteiger partial charge in [-0.1, -0.05) is 19.9 Å². The van der Waals surface area contributed by atoms with E-state index in [1.807, 2.05) is 18.2 Å². The predicted octanol–water partition coefficient (Wildman–Crippen LogP) is 2.56. The van der Waals surface area contributed by atoms with E-state index in [4.69, 9.17) is 14.2 Å². The van der Waals surface area contributed by atoms with Crippen LogP contribution in [0, 0.1) is 11.8 Å². The Balaban J connectivity index is 1.75. The number of ether oxygens (including phenoxy) is 3. The van der Waals surface area contributed by atoms with Crippen LogP contribution in [-0.4, -0.2) is 56.6 Å². The van der Waals surface area contributed by atoms with Crippen molar-refractivity contribution in [2.75, 3.05) is 40.5 Å². The van der Waals surface area contributed by atoms with Gasteiger partial charge in [0, 0.05) is 19.6 Å². The predicted molar refractivity (Wildman–Crippen MR) is 94.6 cm³/mol. The van der Waals surface area contributed by atoms with Crippen LogP contribution < -0.4 is 9.47 Å². The topological polar surface area (TPSA) is 51.2 Å². The zero-order valence-corrected chi connectivity index (χ0v) is 15.3. The first kappa shape index (κ1) is 19.0. The summed E-state index contributed by atoms with van der Waals surface area (Å²) in [4.78, 5) is 2.35. The van der Waals surface area contributed by atoms with Crippen LogP contribution in [0.3, 0.4) is 0 Å². The van der Waals surface area contributed by atoms with Gasteiger partial charge in [0.15, 0.2) is 11.5 Å². The van der Waals surface area contributed by atoms with Crippen molar-refractivity contribution in [2.45, 2.75) is 33.0 Å². The van der Waals surface area contributed by atoms with Crippen LogP contribution in [0.15, 0.2) is 18.2 Å². The zero-order valence-electron chi connectivity index (χ0n) is 15.3. The van der Waals surface area contributed by atoms with Crippen LogP contribution in [0.4, 0.5) is 0 Å². The van der Waals surface area contributed by atoms with Gasteiger partial charge in [-0.3, -0.25) is 0 Å². The molecule has 1 fully saturated rings. The number of rotatable bonds is 8. The van der Waals surface area contributed by atoms with Crippen LogP contribution in [0.2, 0.25) is 0 Å². The summed E-state index contributed by atoms with van der Waals surface area (Å²) in [6.07, 6.45) is 0.824. The first-order chi connectivity index (χ1) is 11.5. The van der Waals surface area contributed by atoms with Crippen molar-refractivity contribution in [3.8, 4) is 11.5 Å². The lowest BCUT2D eigenvalue weighted by atomic mass is 9.92. The summed E-state index contributed by atoms with van der Waals surface area (Å²) in [6.45, 7) is 8.16. The van der Waals surface area contributed by atoms with Gasteiger partial charge >= 0.3 is 0 Å². The fraction of sp³-hybridized carbons (Fsp3) is 0.684. The molecule has 3 atom stereocenters. The van der Waals surface area contributed by atoms with E-state index in [2.05, 4.69) is 18.7 Å². The number of hydrogen-bond acceptors (Lipinski definition) is 5. The highest BCUT2D eigenvalue weighted by Gasteiger charge is 2.23. The molecule has 2 rings (SSSR count). The molecule has 1 aliphatic rings. The molecule has 1 aromatic rings. The van der Waals surface area contributed by atoms with E-state index >= 15 is 0 Å². The van der Waals surface area contributed by atoms with Gasteiger partial charge < -0.3 is 24.2 Å². The molecule has 5 heteroatoms. The number of hydrogen-bond donors (Lipinski definition) is 1. The minimum absolute atomic E-state index is 0.341. The quantitative estimate of drug-likeness (QED) is 0.790. The Hall–Kier alpha value is -1.30. The average Bonchev–Trinajstić information content (AvgIpc) is 2.53. The van der Waals surface area contributed by atoms with Gasteiger partial charge in [0.05, 0.1) is 33.5 Å². The molecule has 0 bridgehead atoms. The van der Waals surface area contributed by atoms with Gasteiger partial charge in [0.25, 0.3) is 0 Å². The van der Waals surface area contributed by atoms with Gasteiger partial charge in [-0.05, 0) is 36.0 Å². The molecular weight excluding hydrogens is 306 g/mol. The number of nitrogens with zero attached hydrogens (tertiary/aromatic N) is 1. The molecule has 1 aromatic carbocycles. The van der Waals surface area contributed by atoms with Crippen LogP contribution in [0.25, 0.3) is 0 Å². The second-order valence-corrected chi connectivity index (χ2v) is 7.02. The SMILES string of the molecule is COc1ccc(COC[C@H](O)CN2C[C@H](C)C[C@H](C)C2)cc1OC. The summed E-state index contributed by atoms with van der Waals surface area (Å²) < 4.78 is 16.2. The van der Waals surface area contributed by atoms with Crippen molar-refractivity contribution >= 4 is 0 Å². The number of likely N-dealkylation sites (tertiary alicyclic amines) is 1. The Kier molecular flexibility index (Phi) is 7.34. The number of benzene rings is 1. The average molecular weight is 337 g/mol. The third-order valence-electron chi connectivity index (χ3n) is 4.44. The standard InChI is InChI=1S/C19H31NO4/c1-14-7-15(2)10-20(9-14)11-17(21)13-24-12-16-5-6-18(22-3)19(8-16)23-4/h5-6,8,14-15,17,21H,7,9-13H2,1-4H3/t14-,15+,17-/m1/s1. The number of β-amino-alcohol motifs (C(OH)–C–C–N with tert-alkyl or cyclic N) is 1. The van der Waals surface area contributed by atoms with Crippen molar-refractivity contribution in [2.24, 2.45) is 11.8 Å². The first-order valence-electron chi connectivity index (χ1n) is 8.70. The van der Waals surface area contributed by atoms with E-state index < -0.39 is 6.10 Å². The molecule has 1 aliphatic heterocycles. The molecule has 0 unspecified atom stereocenters. The Labute approximate surface area is 145 Å². The Morgan fingerprint density at radius 2 is 1.79 bits per heavy atom. The normalized spacial score (nSPS) is 23.0. The Morgan fingerprint density at radius 1 is 1.12 bits per heavy atom. The summed E-state index contributed by atoms with van der Waals surface area (Å²) >= 11 is 0. The second-order valence-electron chi connectivity index (χ2n) is 7.02. The highest BCUT2D eigenvalue weighted by atomic mass is 16.5. The highest BCUT2D eigenvalue weighted by molar-refractivity contribution is 5.42. The lowest BCUT2D eigenvalue weighted by Gasteiger charge is -2.35. The lowest BCUT2D eigenvalue weighted by molar-refractivity contribution is -0.000930. The van der Waals surface area contributed by atoms with Crippen molar-refractivity contribution < 1.29 is 19.3 Å². The van der Waals surface area contributed by atoms with Gasteiger partial charge in [-0.15, -0.1) is 0 Å². The van der Waals surface area contributed by atoms with E-state index in [9.17, 15) is 5.11 Å². The number of methoxy groups -OCH3 is 2. The van der Waals surface area contributed by atoms with Crippen LogP contribution in [0.5, 0.6) is 11.5 Å². The van der Waals surface area contributed by atoms with Gasteiger partial charge in [0.2, 0.25) is 0 Å². The number of aliphatic hydroxyl groups is 1. The maximum atomic E-state index is 10.2. The summed E-state index contributed by atoms with van der Waals surface area (Å²) in [7, 11) is 3.24. The highest BCUT2D eigenvalue weighted by Crippen LogP contribution is 2.27. The van der Waals surface area contributed by atoms with Crippen molar-refractivity contribution in [1.29, 1.82) is 0 Å². The summed E-state index contributed by atoms with van der Waals surface area (Å²) in [5, 5.41) is 10.2. The molecule has 24 heavy (non-hydrogen) atoms. The monoisotopic (exact) mass is 337 g/mol. The molecular formula is C19H31NO4. The van der Waals surface area contributed by atoms with E-state index in [1.54, 1.807) is 14.2 Å². The molecule has 1 saturated heterocycles. The van der Waals surface area contributed by atoms with E-state index in [-0.39, 0.29) is 0 Å². The van der Waals surface area contributed by atoms with E-state index in [0.29, 0.717) is 43.1 Å². The van der Waals surface area contributed by atoms with Crippen LogP contribution >= 0.6 is 0 Å². The first-order valence-corrected chi connectivity index (χ1v) is 8.70. The van der Waals surface area contributed by atoms with Crippen molar-refractivity contribution in [3.63, 3.8) is 0 Å². The van der Waals surface area contributed by atoms with Gasteiger partial charge in [0.1, 0.15) is 0 Å². The smallest absolute Gasteiger partial charge is 0.161 e. The zero-order chi connectivity index (χ0) is 17.5. The molecule has 0 aliphatic carbocycles. The Bertz CT molecular complexity index is 498. The molecule has 0 spiro atoms. The minimum Gasteiger partial charge on any atom is -0.493 e. The minimum atomic E-state index is -0.456. The van der Waals surface area contributed by atoms with Gasteiger partial charge in [-0.2, -0.15) is 0 Å². The fourth-order valence-corrected chi connectivity index (χ4v) is 3.58. The van der Waals surface area contributed by atoms with Crippen molar-refractivity contribution in [3.05, 3.63) is 23.8 Å².